The molecule has 0 aliphatic carbocycles. The molecule has 4 heteroatoms. The van der Waals surface area contributed by atoms with Gasteiger partial charge in [-0.2, -0.15) is 5.26 Å². The lowest BCUT2D eigenvalue weighted by Gasteiger charge is -2.11. The molecule has 0 amide bonds. The number of hydrogen-bond donors (Lipinski definition) is 2. The van der Waals surface area contributed by atoms with Gasteiger partial charge in [-0.15, -0.1) is 12.4 Å². The van der Waals surface area contributed by atoms with Gasteiger partial charge in [-0.1, -0.05) is 12.1 Å². The zero-order valence-electron chi connectivity index (χ0n) is 8.82. The van der Waals surface area contributed by atoms with E-state index < -0.39 is 0 Å². The molecule has 0 aliphatic heterocycles. The standard InChI is InChI=1S/C11H14N2O.ClH/c1-7-5-9(10(13)3-4-12)6-8(2)11(7)14;/h5-6,10,14H,3,13H2,1-2H3;1H/t10-;/m0./s1. The number of aromatic hydroxyl groups is 1. The van der Waals surface area contributed by atoms with Gasteiger partial charge >= 0.3 is 0 Å². The first kappa shape index (κ1) is 13.8. The highest BCUT2D eigenvalue weighted by molar-refractivity contribution is 5.85. The van der Waals surface area contributed by atoms with Crippen LogP contribution >= 0.6 is 12.4 Å². The van der Waals surface area contributed by atoms with Crippen molar-refractivity contribution in [2.24, 2.45) is 5.73 Å². The summed E-state index contributed by atoms with van der Waals surface area (Å²) in [5, 5.41) is 18.0. The zero-order valence-corrected chi connectivity index (χ0v) is 9.64. The minimum Gasteiger partial charge on any atom is -0.507 e. The Balaban J connectivity index is 0.00000196. The van der Waals surface area contributed by atoms with Crippen molar-refractivity contribution in [3.8, 4) is 11.8 Å². The summed E-state index contributed by atoms with van der Waals surface area (Å²) in [6.45, 7) is 3.65. The first-order valence-corrected chi connectivity index (χ1v) is 4.49. The molecule has 3 nitrogen and oxygen atoms in total. The Morgan fingerprint density at radius 3 is 2.27 bits per heavy atom. The number of phenols is 1. The summed E-state index contributed by atoms with van der Waals surface area (Å²) >= 11 is 0. The van der Waals surface area contributed by atoms with Crippen molar-refractivity contribution in [2.75, 3.05) is 0 Å². The third-order valence-corrected chi connectivity index (χ3v) is 2.25. The highest BCUT2D eigenvalue weighted by Gasteiger charge is 2.09. The minimum atomic E-state index is -0.266. The molecule has 3 N–H and O–H groups in total. The average molecular weight is 227 g/mol. The molecular weight excluding hydrogens is 212 g/mol. The van der Waals surface area contributed by atoms with Crippen molar-refractivity contribution >= 4 is 12.4 Å². The van der Waals surface area contributed by atoms with Gasteiger partial charge in [-0.05, 0) is 30.5 Å². The Bertz CT molecular complexity index is 362. The molecule has 1 aromatic rings. The molecule has 1 atom stereocenters. The minimum absolute atomic E-state index is 0. The molecule has 15 heavy (non-hydrogen) atoms. The number of nitriles is 1. The number of nitrogens with two attached hydrogens (primary N) is 1. The molecule has 0 unspecified atom stereocenters. The molecule has 0 heterocycles. The summed E-state index contributed by atoms with van der Waals surface area (Å²) in [5.74, 6) is 0.304. The number of nitrogens with zero attached hydrogens (tertiary/aromatic N) is 1. The molecule has 0 radical (unpaired) electrons. The van der Waals surface area contributed by atoms with E-state index >= 15 is 0 Å². The molecule has 1 rings (SSSR count). The number of rotatable bonds is 2. The molecule has 0 aliphatic rings. The van der Waals surface area contributed by atoms with Gasteiger partial charge in [0, 0.05) is 6.04 Å². The quantitative estimate of drug-likeness (QED) is 0.813. The second-order valence-electron chi connectivity index (χ2n) is 3.47. The van der Waals surface area contributed by atoms with E-state index in [-0.39, 0.29) is 18.4 Å². The number of hydrogen-bond acceptors (Lipinski definition) is 3. The number of phenolic OH excluding ortho intramolecular Hbond substituents is 1. The van der Waals surface area contributed by atoms with Crippen LogP contribution in [0.25, 0.3) is 0 Å². The van der Waals surface area contributed by atoms with E-state index in [1.807, 2.05) is 32.0 Å². The summed E-state index contributed by atoms with van der Waals surface area (Å²) in [7, 11) is 0. The van der Waals surface area contributed by atoms with Crippen LogP contribution in [0.4, 0.5) is 0 Å². The maximum absolute atomic E-state index is 9.54. The molecular formula is C11H15ClN2O. The maximum Gasteiger partial charge on any atom is 0.121 e. The first-order chi connectivity index (χ1) is 6.56. The van der Waals surface area contributed by atoms with Gasteiger partial charge in [0.15, 0.2) is 0 Å². The molecule has 0 fully saturated rings. The van der Waals surface area contributed by atoms with Gasteiger partial charge in [0.2, 0.25) is 0 Å². The van der Waals surface area contributed by atoms with Crippen molar-refractivity contribution in [3.63, 3.8) is 0 Å². The Labute approximate surface area is 95.9 Å². The van der Waals surface area contributed by atoms with Crippen LogP contribution < -0.4 is 5.73 Å². The normalized spacial score (nSPS) is 11.3. The fraction of sp³-hybridized carbons (Fsp3) is 0.364. The lowest BCUT2D eigenvalue weighted by atomic mass is 9.99. The van der Waals surface area contributed by atoms with Gasteiger partial charge in [0.1, 0.15) is 5.75 Å². The lowest BCUT2D eigenvalue weighted by Crippen LogP contribution is -2.09. The molecule has 0 saturated carbocycles. The highest BCUT2D eigenvalue weighted by Crippen LogP contribution is 2.26. The van der Waals surface area contributed by atoms with Crippen LogP contribution in [0, 0.1) is 25.2 Å². The maximum atomic E-state index is 9.54. The molecule has 0 saturated heterocycles. The van der Waals surface area contributed by atoms with Gasteiger partial charge in [-0.25, -0.2) is 0 Å². The number of aryl methyl sites for hydroxylation is 2. The SMILES string of the molecule is Cc1cc([C@@H](N)CC#N)cc(C)c1O.Cl. The topological polar surface area (TPSA) is 70.0 Å². The monoisotopic (exact) mass is 226 g/mol. The lowest BCUT2D eigenvalue weighted by molar-refractivity contribution is 0.466. The van der Waals surface area contributed by atoms with Crippen LogP contribution in [0.5, 0.6) is 5.75 Å². The van der Waals surface area contributed by atoms with Crippen LogP contribution in [0.1, 0.15) is 29.2 Å². The van der Waals surface area contributed by atoms with Crippen LogP contribution in [-0.2, 0) is 0 Å². The number of halogens is 1. The zero-order chi connectivity index (χ0) is 10.7. The largest absolute Gasteiger partial charge is 0.507 e. The van der Waals surface area contributed by atoms with E-state index in [1.54, 1.807) is 0 Å². The van der Waals surface area contributed by atoms with Gasteiger partial charge in [0.05, 0.1) is 12.5 Å². The van der Waals surface area contributed by atoms with Crippen molar-refractivity contribution in [2.45, 2.75) is 26.3 Å². The predicted octanol–water partition coefficient (Wildman–Crippen LogP) is 2.34. The molecule has 1 aromatic carbocycles. The smallest absolute Gasteiger partial charge is 0.121 e. The van der Waals surface area contributed by atoms with Crippen LogP contribution in [0.3, 0.4) is 0 Å². The van der Waals surface area contributed by atoms with E-state index in [9.17, 15) is 5.11 Å². The highest BCUT2D eigenvalue weighted by atomic mass is 35.5. The Hall–Kier alpha value is -1.24. The van der Waals surface area contributed by atoms with Gasteiger partial charge in [-0.3, -0.25) is 0 Å². The third-order valence-electron chi connectivity index (χ3n) is 2.25. The molecule has 0 bridgehead atoms. The second kappa shape index (κ2) is 5.59. The van der Waals surface area contributed by atoms with E-state index in [4.69, 9.17) is 11.0 Å². The van der Waals surface area contributed by atoms with Gasteiger partial charge < -0.3 is 10.8 Å². The summed E-state index contributed by atoms with van der Waals surface area (Å²) in [6.07, 6.45) is 0.295. The van der Waals surface area contributed by atoms with Crippen LogP contribution in [0.2, 0.25) is 0 Å². The Morgan fingerprint density at radius 1 is 1.40 bits per heavy atom. The third kappa shape index (κ3) is 3.12. The molecule has 82 valence electrons. The van der Waals surface area contributed by atoms with Crippen LogP contribution in [-0.4, -0.2) is 5.11 Å². The summed E-state index contributed by atoms with van der Waals surface area (Å²) in [6, 6.07) is 5.41. The van der Waals surface area contributed by atoms with E-state index in [2.05, 4.69) is 0 Å². The van der Waals surface area contributed by atoms with Crippen molar-refractivity contribution in [1.82, 2.24) is 0 Å². The summed E-state index contributed by atoms with van der Waals surface area (Å²) in [5.41, 5.74) is 8.29. The molecule has 0 aromatic heterocycles. The summed E-state index contributed by atoms with van der Waals surface area (Å²) < 4.78 is 0. The van der Waals surface area contributed by atoms with Gasteiger partial charge in [0.25, 0.3) is 0 Å². The molecule has 0 spiro atoms. The second-order valence-corrected chi connectivity index (χ2v) is 3.47. The van der Waals surface area contributed by atoms with Crippen molar-refractivity contribution in [3.05, 3.63) is 28.8 Å². The first-order valence-electron chi connectivity index (χ1n) is 4.49. The predicted molar refractivity (Wildman–Crippen MR) is 62.0 cm³/mol. The average Bonchev–Trinajstić information content (AvgIpc) is 2.13. The Kier molecular flexibility index (Phi) is 5.13. The van der Waals surface area contributed by atoms with E-state index in [1.165, 1.54) is 0 Å². The van der Waals surface area contributed by atoms with E-state index in [0.29, 0.717) is 12.2 Å². The summed E-state index contributed by atoms with van der Waals surface area (Å²) in [4.78, 5) is 0. The fourth-order valence-corrected chi connectivity index (χ4v) is 1.42. The van der Waals surface area contributed by atoms with Crippen molar-refractivity contribution in [1.29, 1.82) is 5.26 Å². The van der Waals surface area contributed by atoms with E-state index in [0.717, 1.165) is 16.7 Å². The fourth-order valence-electron chi connectivity index (χ4n) is 1.42. The van der Waals surface area contributed by atoms with Crippen molar-refractivity contribution < 1.29 is 5.11 Å². The Morgan fingerprint density at radius 2 is 1.87 bits per heavy atom. The number of benzene rings is 1. The van der Waals surface area contributed by atoms with Crippen LogP contribution in [0.15, 0.2) is 12.1 Å².